The molecule has 0 aromatic rings. The van der Waals surface area contributed by atoms with Gasteiger partial charge in [-0.05, 0) is 18.0 Å². The van der Waals surface area contributed by atoms with Crippen molar-refractivity contribution in [3.8, 4) is 0 Å². The molecule has 0 saturated carbocycles. The summed E-state index contributed by atoms with van der Waals surface area (Å²) in [5.74, 6) is 2.78. The predicted molar refractivity (Wildman–Crippen MR) is 39.1 cm³/mol. The Morgan fingerprint density at radius 1 is 1.44 bits per heavy atom. The molecule has 0 amide bonds. The van der Waals surface area contributed by atoms with Crippen LogP contribution in [0.2, 0.25) is 0 Å². The molecule has 0 atom stereocenters. The minimum absolute atomic E-state index is 0.688. The van der Waals surface area contributed by atoms with Gasteiger partial charge in [0.25, 0.3) is 0 Å². The Hall–Kier alpha value is -1.14. The van der Waals surface area contributed by atoms with Crippen LogP contribution >= 0.6 is 0 Å². The normalized spacial score (nSPS) is 24.0. The van der Waals surface area contributed by atoms with Crippen molar-refractivity contribution in [1.29, 1.82) is 0 Å². The summed E-state index contributed by atoms with van der Waals surface area (Å²) in [6.07, 6.45) is 8.15. The van der Waals surface area contributed by atoms with Crippen LogP contribution in [0.4, 0.5) is 0 Å². The molecule has 46 valence electrons. The maximum Gasteiger partial charge on any atom is 0.0682 e. The van der Waals surface area contributed by atoms with E-state index in [1.54, 1.807) is 6.20 Å². The van der Waals surface area contributed by atoms with Crippen LogP contribution in [0, 0.1) is 0 Å². The second kappa shape index (κ2) is 3.81. The summed E-state index contributed by atoms with van der Waals surface area (Å²) in [5, 5.41) is 0. The Morgan fingerprint density at radius 2 is 2.44 bits per heavy atom. The summed E-state index contributed by atoms with van der Waals surface area (Å²) >= 11 is 0. The molecule has 1 heterocycles. The largest absolute Gasteiger partial charge is 0.269 e. The lowest BCUT2D eigenvalue weighted by Crippen LogP contribution is -1.66. The molecule has 0 unspecified atom stereocenters. The van der Waals surface area contributed by atoms with E-state index in [0.29, 0.717) is 6.54 Å². The highest BCUT2D eigenvalue weighted by molar-refractivity contribution is 5.66. The summed E-state index contributed by atoms with van der Waals surface area (Å²) in [6.45, 7) is 0.688. The molecule has 9 heavy (non-hydrogen) atoms. The molecular formula is C7H8N2. The third kappa shape index (κ3) is 2.62. The Kier molecular flexibility index (Phi) is 2.54. The number of hydrogen-bond donors (Lipinski definition) is 0. The molecule has 2 heteroatoms. The van der Waals surface area contributed by atoms with Gasteiger partial charge >= 0.3 is 0 Å². The van der Waals surface area contributed by atoms with Crippen molar-refractivity contribution >= 4 is 12.1 Å². The van der Waals surface area contributed by atoms with E-state index < -0.39 is 0 Å². The van der Waals surface area contributed by atoms with Crippen LogP contribution in [0.1, 0.15) is 6.42 Å². The van der Waals surface area contributed by atoms with Gasteiger partial charge in [0.1, 0.15) is 0 Å². The molecule has 0 aromatic heterocycles. The minimum atomic E-state index is 0.688. The second-order valence-electron chi connectivity index (χ2n) is 1.63. The molecule has 1 rings (SSSR count). The van der Waals surface area contributed by atoms with E-state index >= 15 is 0 Å². The lowest BCUT2D eigenvalue weighted by atomic mass is 10.5. The van der Waals surface area contributed by atoms with Gasteiger partial charge in [-0.3, -0.25) is 4.99 Å². The van der Waals surface area contributed by atoms with E-state index in [1.807, 2.05) is 18.4 Å². The van der Waals surface area contributed by atoms with Crippen molar-refractivity contribution in [3.05, 3.63) is 18.4 Å². The zero-order valence-corrected chi connectivity index (χ0v) is 5.12. The zero-order chi connectivity index (χ0) is 6.36. The van der Waals surface area contributed by atoms with Gasteiger partial charge in [-0.25, -0.2) is 4.99 Å². The molecule has 0 saturated heterocycles. The van der Waals surface area contributed by atoms with Crippen molar-refractivity contribution in [2.75, 3.05) is 6.54 Å². The average molecular weight is 120 g/mol. The number of rotatable bonds is 0. The molecule has 0 N–H and O–H groups in total. The van der Waals surface area contributed by atoms with Crippen LogP contribution in [-0.4, -0.2) is 18.6 Å². The summed E-state index contributed by atoms with van der Waals surface area (Å²) in [7, 11) is 0. The molecule has 0 spiro atoms. The maximum atomic E-state index is 3.95. The summed E-state index contributed by atoms with van der Waals surface area (Å²) in [5.41, 5.74) is 0. The van der Waals surface area contributed by atoms with Crippen LogP contribution in [-0.2, 0) is 0 Å². The van der Waals surface area contributed by atoms with Crippen LogP contribution in [0.5, 0.6) is 0 Å². The quantitative estimate of drug-likeness (QED) is 0.459. The van der Waals surface area contributed by atoms with Gasteiger partial charge in [0, 0.05) is 18.8 Å². The number of aliphatic imine (C=N–C) groups is 2. The van der Waals surface area contributed by atoms with Crippen LogP contribution in [0.25, 0.3) is 0 Å². The van der Waals surface area contributed by atoms with Gasteiger partial charge in [-0.15, -0.1) is 0 Å². The van der Waals surface area contributed by atoms with E-state index in [-0.39, 0.29) is 0 Å². The molecule has 1 aliphatic heterocycles. The van der Waals surface area contributed by atoms with E-state index in [2.05, 4.69) is 15.9 Å². The monoisotopic (exact) mass is 120 g/mol. The van der Waals surface area contributed by atoms with Crippen LogP contribution < -0.4 is 0 Å². The summed E-state index contributed by atoms with van der Waals surface area (Å²) in [4.78, 5) is 7.87. The summed E-state index contributed by atoms with van der Waals surface area (Å²) in [6, 6.07) is 0. The fourth-order valence-corrected chi connectivity index (χ4v) is 0.505. The van der Waals surface area contributed by atoms with E-state index in [1.165, 1.54) is 0 Å². The Bertz CT molecular complexity index is 165. The smallest absolute Gasteiger partial charge is 0.0682 e. The topological polar surface area (TPSA) is 24.7 Å². The first-order valence-electron chi connectivity index (χ1n) is 2.90. The third-order valence-electron chi connectivity index (χ3n) is 0.899. The van der Waals surface area contributed by atoms with Crippen molar-refractivity contribution in [2.45, 2.75) is 6.42 Å². The molecule has 0 radical (unpaired) electrons. The fraction of sp³-hybridized carbons (Fsp3) is 0.286. The van der Waals surface area contributed by atoms with Gasteiger partial charge in [-0.2, -0.15) is 0 Å². The van der Waals surface area contributed by atoms with Gasteiger partial charge < -0.3 is 0 Å². The first-order chi connectivity index (χ1) is 4.50. The Morgan fingerprint density at radius 3 is 3.44 bits per heavy atom. The maximum absolute atomic E-state index is 3.95. The predicted octanol–water partition coefficient (Wildman–Crippen LogP) is 1.20. The lowest BCUT2D eigenvalue weighted by Gasteiger charge is -1.73. The van der Waals surface area contributed by atoms with Gasteiger partial charge in [0.2, 0.25) is 0 Å². The standard InChI is InChI=1S/C7H8N2/c1-2-5-9-7-3-6-8-4-1/h1,3,5,7H,2,6H2/b7-3-,9-5-. The van der Waals surface area contributed by atoms with Crippen LogP contribution in [0.3, 0.4) is 0 Å². The highest BCUT2D eigenvalue weighted by Crippen LogP contribution is 1.81. The Balaban J connectivity index is 2.60. The highest BCUT2D eigenvalue weighted by Gasteiger charge is 1.72. The minimum Gasteiger partial charge on any atom is -0.269 e. The molecule has 2 nitrogen and oxygen atoms in total. The number of hydrogen-bond acceptors (Lipinski definition) is 2. The van der Waals surface area contributed by atoms with E-state index in [9.17, 15) is 0 Å². The number of nitrogens with zero attached hydrogens (tertiary/aromatic N) is 2. The van der Waals surface area contributed by atoms with Gasteiger partial charge in [0.15, 0.2) is 0 Å². The first-order valence-corrected chi connectivity index (χ1v) is 2.90. The molecular weight excluding hydrogens is 112 g/mol. The third-order valence-corrected chi connectivity index (χ3v) is 0.899. The summed E-state index contributed by atoms with van der Waals surface area (Å²) < 4.78 is 0. The SMILES string of the molecule is C1=CC/C=N\C=C/CN=1. The second-order valence-corrected chi connectivity index (χ2v) is 1.63. The zero-order valence-electron chi connectivity index (χ0n) is 5.12. The van der Waals surface area contributed by atoms with Crippen molar-refractivity contribution in [3.63, 3.8) is 0 Å². The molecule has 0 aromatic carbocycles. The van der Waals surface area contributed by atoms with Gasteiger partial charge in [0.05, 0.1) is 6.54 Å². The lowest BCUT2D eigenvalue weighted by molar-refractivity contribution is 1.25. The average Bonchev–Trinajstić information content (AvgIpc) is 2.00. The fourth-order valence-electron chi connectivity index (χ4n) is 0.505. The van der Waals surface area contributed by atoms with Gasteiger partial charge in [-0.1, -0.05) is 0 Å². The van der Waals surface area contributed by atoms with Crippen molar-refractivity contribution in [1.82, 2.24) is 0 Å². The van der Waals surface area contributed by atoms with Crippen molar-refractivity contribution in [2.24, 2.45) is 9.98 Å². The molecule has 0 bridgehead atoms. The van der Waals surface area contributed by atoms with Crippen LogP contribution in [0.15, 0.2) is 28.3 Å². The molecule has 0 aliphatic carbocycles. The highest BCUT2D eigenvalue weighted by atomic mass is 14.7. The first kappa shape index (κ1) is 5.99. The number of allylic oxidation sites excluding steroid dienone is 1. The molecule has 1 aliphatic rings. The Labute approximate surface area is 54.3 Å². The van der Waals surface area contributed by atoms with E-state index in [4.69, 9.17) is 0 Å². The molecule has 0 fully saturated rings. The van der Waals surface area contributed by atoms with Crippen molar-refractivity contribution < 1.29 is 0 Å². The van der Waals surface area contributed by atoms with E-state index in [0.717, 1.165) is 6.42 Å².